The second-order valence-electron chi connectivity index (χ2n) is 5.62. The average molecular weight is 375 g/mol. The summed E-state index contributed by atoms with van der Waals surface area (Å²) in [7, 11) is 0. The Kier molecular flexibility index (Phi) is 6.57. The summed E-state index contributed by atoms with van der Waals surface area (Å²) in [6.45, 7) is 5.49. The molecule has 1 N–H and O–H groups in total. The van der Waals surface area contributed by atoms with Crippen molar-refractivity contribution >= 4 is 29.3 Å². The molecule has 0 unspecified atom stereocenters. The second kappa shape index (κ2) is 8.66. The van der Waals surface area contributed by atoms with E-state index in [2.05, 4.69) is 10.3 Å². The normalized spacial score (nSPS) is 10.5. The topological polar surface area (TPSA) is 90.3 Å². The number of aryl methyl sites for hydroxylation is 2. The first-order valence-electron chi connectivity index (χ1n) is 8.05. The number of amides is 1. The van der Waals surface area contributed by atoms with E-state index < -0.39 is 11.5 Å². The molecule has 0 aliphatic rings. The lowest BCUT2D eigenvalue weighted by atomic mass is 10.1. The van der Waals surface area contributed by atoms with E-state index in [1.807, 2.05) is 26.0 Å². The summed E-state index contributed by atoms with van der Waals surface area (Å²) in [5.41, 5.74) is 2.03. The molecule has 1 heterocycles. The summed E-state index contributed by atoms with van der Waals surface area (Å²) >= 11 is 1.22. The van der Waals surface area contributed by atoms with Gasteiger partial charge in [0.05, 0.1) is 12.8 Å². The Morgan fingerprint density at radius 3 is 2.62 bits per heavy atom. The van der Waals surface area contributed by atoms with Gasteiger partial charge in [-0.25, -0.2) is 9.78 Å². The summed E-state index contributed by atoms with van der Waals surface area (Å²) < 4.78 is 6.04. The monoisotopic (exact) mass is 375 g/mol. The number of ether oxygens (including phenoxy) is 1. The number of thioether (sulfide) groups is 1. The van der Waals surface area contributed by atoms with Crippen molar-refractivity contribution in [1.82, 2.24) is 9.55 Å². The summed E-state index contributed by atoms with van der Waals surface area (Å²) in [4.78, 5) is 40.9. The van der Waals surface area contributed by atoms with Crippen LogP contribution in [0.25, 0.3) is 0 Å². The fourth-order valence-corrected chi connectivity index (χ4v) is 2.82. The van der Waals surface area contributed by atoms with E-state index in [0.717, 1.165) is 11.1 Å². The van der Waals surface area contributed by atoms with Crippen LogP contribution in [0.4, 0.5) is 5.69 Å². The van der Waals surface area contributed by atoms with Crippen LogP contribution in [0.3, 0.4) is 0 Å². The Labute approximate surface area is 155 Å². The minimum atomic E-state index is -0.749. The molecule has 0 bridgehead atoms. The van der Waals surface area contributed by atoms with Gasteiger partial charge in [0, 0.05) is 5.69 Å². The van der Waals surface area contributed by atoms with Gasteiger partial charge in [-0.1, -0.05) is 17.8 Å². The van der Waals surface area contributed by atoms with Crippen molar-refractivity contribution in [3.05, 3.63) is 51.4 Å². The third kappa shape index (κ3) is 4.51. The molecule has 0 saturated carbocycles. The van der Waals surface area contributed by atoms with Crippen molar-refractivity contribution in [3.63, 3.8) is 0 Å². The number of nitrogens with zero attached hydrogens (tertiary/aromatic N) is 2. The van der Waals surface area contributed by atoms with Crippen LogP contribution in [-0.4, -0.2) is 34.3 Å². The molecule has 0 saturated heterocycles. The second-order valence-corrected chi connectivity index (χ2v) is 6.39. The maximum Gasteiger partial charge on any atom is 0.345 e. The van der Waals surface area contributed by atoms with Crippen molar-refractivity contribution in [3.8, 4) is 0 Å². The molecule has 0 aliphatic heterocycles. The van der Waals surface area contributed by atoms with E-state index in [1.54, 1.807) is 19.2 Å². The van der Waals surface area contributed by atoms with Gasteiger partial charge in [0.15, 0.2) is 5.16 Å². The van der Waals surface area contributed by atoms with Crippen LogP contribution in [0.15, 0.2) is 34.3 Å². The van der Waals surface area contributed by atoms with E-state index >= 15 is 0 Å². The zero-order valence-electron chi connectivity index (χ0n) is 15.2. The van der Waals surface area contributed by atoms with Crippen LogP contribution in [0, 0.1) is 13.8 Å². The maximum absolute atomic E-state index is 12.6. The van der Waals surface area contributed by atoms with Crippen molar-refractivity contribution in [2.75, 3.05) is 18.2 Å². The first-order chi connectivity index (χ1) is 12.4. The molecule has 0 radical (unpaired) electrons. The van der Waals surface area contributed by atoms with Crippen LogP contribution in [-0.2, 0) is 16.1 Å². The summed E-state index contributed by atoms with van der Waals surface area (Å²) in [6.07, 6.45) is 2.92. The maximum atomic E-state index is 12.6. The number of aromatic nitrogens is 2. The van der Waals surface area contributed by atoms with Gasteiger partial charge in [0.2, 0.25) is 5.91 Å². The summed E-state index contributed by atoms with van der Waals surface area (Å²) in [5, 5.41) is 3.10. The SMILES string of the molecule is CCOC(=O)c1cnc(SC)n(CC(=O)Nc2ccc(C)c(C)c2)c1=O. The molecule has 0 atom stereocenters. The molecule has 138 valence electrons. The Morgan fingerprint density at radius 1 is 1.27 bits per heavy atom. The van der Waals surface area contributed by atoms with Crippen molar-refractivity contribution in [1.29, 1.82) is 0 Å². The fraction of sp³-hybridized carbons (Fsp3) is 0.333. The Hall–Kier alpha value is -2.61. The third-order valence-electron chi connectivity index (χ3n) is 3.78. The van der Waals surface area contributed by atoms with Gasteiger partial charge in [-0.15, -0.1) is 0 Å². The highest BCUT2D eigenvalue weighted by atomic mass is 32.2. The predicted octanol–water partition coefficient (Wildman–Crippen LogP) is 2.40. The first kappa shape index (κ1) is 19.7. The molecule has 7 nitrogen and oxygen atoms in total. The minimum absolute atomic E-state index is 0.149. The molecule has 1 aromatic carbocycles. The van der Waals surface area contributed by atoms with Gasteiger partial charge in [-0.05, 0) is 50.3 Å². The van der Waals surface area contributed by atoms with Gasteiger partial charge in [-0.3, -0.25) is 14.2 Å². The molecule has 2 rings (SSSR count). The number of hydrogen-bond donors (Lipinski definition) is 1. The number of nitrogens with one attached hydrogen (secondary N) is 1. The van der Waals surface area contributed by atoms with Gasteiger partial charge in [0.1, 0.15) is 12.1 Å². The largest absolute Gasteiger partial charge is 0.462 e. The average Bonchev–Trinajstić information content (AvgIpc) is 2.60. The molecule has 26 heavy (non-hydrogen) atoms. The van der Waals surface area contributed by atoms with Crippen LogP contribution in [0.5, 0.6) is 0 Å². The highest BCUT2D eigenvalue weighted by Gasteiger charge is 2.18. The molecule has 2 aromatic rings. The number of hydrogen-bond acceptors (Lipinski definition) is 6. The molecule has 0 fully saturated rings. The first-order valence-corrected chi connectivity index (χ1v) is 9.27. The minimum Gasteiger partial charge on any atom is -0.462 e. The van der Waals surface area contributed by atoms with Gasteiger partial charge in [-0.2, -0.15) is 0 Å². The Bertz CT molecular complexity index is 892. The molecule has 0 aliphatic carbocycles. The number of carbonyl (C=O) groups excluding carboxylic acids is 2. The van der Waals surface area contributed by atoms with E-state index in [1.165, 1.54) is 22.5 Å². The Balaban J connectivity index is 2.27. The van der Waals surface area contributed by atoms with E-state index in [9.17, 15) is 14.4 Å². The number of carbonyl (C=O) groups is 2. The lowest BCUT2D eigenvalue weighted by Gasteiger charge is -2.12. The van der Waals surface area contributed by atoms with Crippen molar-refractivity contribution in [2.24, 2.45) is 0 Å². The smallest absolute Gasteiger partial charge is 0.345 e. The van der Waals surface area contributed by atoms with Crippen LogP contribution in [0.1, 0.15) is 28.4 Å². The summed E-state index contributed by atoms with van der Waals surface area (Å²) in [5.74, 6) is -1.13. The molecular formula is C18H21N3O4S. The third-order valence-corrected chi connectivity index (χ3v) is 4.47. The van der Waals surface area contributed by atoms with Gasteiger partial charge < -0.3 is 10.1 Å². The number of esters is 1. The molecular weight excluding hydrogens is 354 g/mol. The molecule has 1 aromatic heterocycles. The number of benzene rings is 1. The van der Waals surface area contributed by atoms with Crippen molar-refractivity contribution in [2.45, 2.75) is 32.5 Å². The van der Waals surface area contributed by atoms with E-state index in [4.69, 9.17) is 4.74 Å². The number of rotatable bonds is 6. The predicted molar refractivity (Wildman–Crippen MR) is 101 cm³/mol. The fourth-order valence-electron chi connectivity index (χ4n) is 2.29. The lowest BCUT2D eigenvalue weighted by molar-refractivity contribution is -0.116. The quantitative estimate of drug-likeness (QED) is 0.474. The summed E-state index contributed by atoms with van der Waals surface area (Å²) in [6, 6.07) is 5.57. The Morgan fingerprint density at radius 2 is 2.00 bits per heavy atom. The van der Waals surface area contributed by atoms with E-state index in [-0.39, 0.29) is 24.6 Å². The van der Waals surface area contributed by atoms with Crippen LogP contribution < -0.4 is 10.9 Å². The van der Waals surface area contributed by atoms with Crippen molar-refractivity contribution < 1.29 is 14.3 Å². The molecule has 1 amide bonds. The van der Waals surface area contributed by atoms with Gasteiger partial charge in [0.25, 0.3) is 5.56 Å². The van der Waals surface area contributed by atoms with Gasteiger partial charge >= 0.3 is 5.97 Å². The highest BCUT2D eigenvalue weighted by molar-refractivity contribution is 7.98. The zero-order chi connectivity index (χ0) is 19.3. The zero-order valence-corrected chi connectivity index (χ0v) is 16.0. The number of anilines is 1. The lowest BCUT2D eigenvalue weighted by Crippen LogP contribution is -2.33. The van der Waals surface area contributed by atoms with E-state index in [0.29, 0.717) is 10.8 Å². The standard InChI is InChI=1S/C18H21N3O4S/c1-5-25-17(24)14-9-19-18(26-4)21(16(14)23)10-15(22)20-13-7-6-11(2)12(3)8-13/h6-9H,5,10H2,1-4H3,(H,20,22). The highest BCUT2D eigenvalue weighted by Crippen LogP contribution is 2.15. The molecule has 0 spiro atoms. The van der Waals surface area contributed by atoms with Crippen LogP contribution >= 0.6 is 11.8 Å². The van der Waals surface area contributed by atoms with Crippen LogP contribution in [0.2, 0.25) is 0 Å². The molecule has 8 heteroatoms.